The molecule has 1 aliphatic heterocycles. The smallest absolute Gasteiger partial charge is 0.300 e. The molecule has 0 aliphatic carbocycles. The first kappa shape index (κ1) is 23.7. The van der Waals surface area contributed by atoms with Crippen molar-refractivity contribution in [3.05, 3.63) is 98.8 Å². The van der Waals surface area contributed by atoms with E-state index in [0.29, 0.717) is 6.07 Å². The molecule has 3 aromatic carbocycles. The number of Topliss-reactive ketones (excluding diaryl/α,β-unsaturated/α-hetero) is 1. The van der Waals surface area contributed by atoms with Crippen molar-refractivity contribution in [3.63, 3.8) is 0 Å². The van der Waals surface area contributed by atoms with Crippen molar-refractivity contribution in [3.8, 4) is 5.75 Å². The third-order valence-corrected chi connectivity index (χ3v) is 5.84. The zero-order chi connectivity index (χ0) is 24.7. The van der Waals surface area contributed by atoms with Crippen LogP contribution in [0.1, 0.15) is 17.2 Å². The molecule has 1 N–H and O–H groups in total. The minimum absolute atomic E-state index is 0.0134. The van der Waals surface area contributed by atoms with Crippen LogP contribution in [0.2, 0.25) is 10.0 Å². The van der Waals surface area contributed by atoms with Gasteiger partial charge in [-0.2, -0.15) is 0 Å². The summed E-state index contributed by atoms with van der Waals surface area (Å²) in [5.41, 5.74) is -0.641. The molecule has 5 nitrogen and oxygen atoms in total. The fourth-order valence-corrected chi connectivity index (χ4v) is 4.41. The lowest BCUT2D eigenvalue weighted by atomic mass is 9.95. The Morgan fingerprint density at radius 2 is 1.53 bits per heavy atom. The standard InChI is InChI=1S/C24H14Cl2F3NO4/c1-34-23-15(25)8-12(9-16(23)26)21(31)19-20(11-2-4-13(27)5-3-11)30(24(33)22(19)32)18-7-6-14(28)10-17(18)29/h2-10,20,31H,1H3/b21-19+. The zero-order valence-electron chi connectivity index (χ0n) is 17.3. The van der Waals surface area contributed by atoms with Crippen molar-refractivity contribution in [1.82, 2.24) is 0 Å². The lowest BCUT2D eigenvalue weighted by molar-refractivity contribution is -0.132. The van der Waals surface area contributed by atoms with Crippen LogP contribution in [0.4, 0.5) is 18.9 Å². The fourth-order valence-electron chi connectivity index (χ4n) is 3.77. The van der Waals surface area contributed by atoms with E-state index in [9.17, 15) is 27.9 Å². The van der Waals surface area contributed by atoms with Crippen LogP contribution >= 0.6 is 23.2 Å². The van der Waals surface area contributed by atoms with E-state index in [2.05, 4.69) is 0 Å². The van der Waals surface area contributed by atoms with Gasteiger partial charge in [0.1, 0.15) is 23.2 Å². The van der Waals surface area contributed by atoms with Crippen LogP contribution in [0.5, 0.6) is 5.75 Å². The molecule has 0 bridgehead atoms. The Labute approximate surface area is 201 Å². The van der Waals surface area contributed by atoms with Crippen molar-refractivity contribution in [2.24, 2.45) is 0 Å². The van der Waals surface area contributed by atoms with E-state index in [0.717, 1.165) is 29.2 Å². The lowest BCUT2D eigenvalue weighted by Crippen LogP contribution is -2.30. The van der Waals surface area contributed by atoms with E-state index < -0.39 is 52.2 Å². The average molecular weight is 508 g/mol. The summed E-state index contributed by atoms with van der Waals surface area (Å²) in [6, 6.07) is 8.37. The number of aliphatic hydroxyl groups is 1. The van der Waals surface area contributed by atoms with E-state index in [4.69, 9.17) is 27.9 Å². The number of hydrogen-bond acceptors (Lipinski definition) is 4. The lowest BCUT2D eigenvalue weighted by Gasteiger charge is -2.25. The molecule has 0 aromatic heterocycles. The Balaban J connectivity index is 1.98. The number of ketones is 1. The van der Waals surface area contributed by atoms with E-state index in [-0.39, 0.29) is 26.9 Å². The maximum absolute atomic E-state index is 14.7. The highest BCUT2D eigenvalue weighted by atomic mass is 35.5. The highest BCUT2D eigenvalue weighted by Gasteiger charge is 2.47. The van der Waals surface area contributed by atoms with Gasteiger partial charge in [0.25, 0.3) is 11.7 Å². The monoisotopic (exact) mass is 507 g/mol. The van der Waals surface area contributed by atoms with Gasteiger partial charge in [-0.15, -0.1) is 0 Å². The first-order chi connectivity index (χ1) is 16.1. The quantitative estimate of drug-likeness (QED) is 0.265. The van der Waals surface area contributed by atoms with Crippen molar-refractivity contribution >= 4 is 46.3 Å². The van der Waals surface area contributed by atoms with Gasteiger partial charge in [-0.3, -0.25) is 14.5 Å². The number of aliphatic hydroxyl groups excluding tert-OH is 1. The molecule has 4 rings (SSSR count). The van der Waals surface area contributed by atoms with Gasteiger partial charge in [-0.1, -0.05) is 35.3 Å². The maximum atomic E-state index is 14.7. The molecule has 1 amide bonds. The van der Waals surface area contributed by atoms with Crippen molar-refractivity contribution in [2.45, 2.75) is 6.04 Å². The first-order valence-electron chi connectivity index (χ1n) is 9.69. The van der Waals surface area contributed by atoms with Crippen LogP contribution in [0.3, 0.4) is 0 Å². The molecular formula is C24H14Cl2F3NO4. The van der Waals surface area contributed by atoms with Crippen molar-refractivity contribution in [2.75, 3.05) is 12.0 Å². The van der Waals surface area contributed by atoms with E-state index in [1.807, 2.05) is 0 Å². The second-order valence-electron chi connectivity index (χ2n) is 7.29. The van der Waals surface area contributed by atoms with Gasteiger partial charge < -0.3 is 9.84 Å². The van der Waals surface area contributed by atoms with E-state index in [1.165, 1.54) is 31.4 Å². The van der Waals surface area contributed by atoms with Crippen LogP contribution < -0.4 is 9.64 Å². The molecule has 3 aromatic rings. The molecule has 1 saturated heterocycles. The van der Waals surface area contributed by atoms with Gasteiger partial charge in [0.05, 0.1) is 34.5 Å². The normalized spacial score (nSPS) is 17.4. The molecule has 0 radical (unpaired) electrons. The topological polar surface area (TPSA) is 66.8 Å². The molecule has 0 saturated carbocycles. The summed E-state index contributed by atoms with van der Waals surface area (Å²) in [6.07, 6.45) is 0. The van der Waals surface area contributed by atoms with E-state index >= 15 is 0 Å². The summed E-state index contributed by atoms with van der Waals surface area (Å²) in [6.45, 7) is 0. The Morgan fingerprint density at radius 1 is 0.941 bits per heavy atom. The molecule has 34 heavy (non-hydrogen) atoms. The highest BCUT2D eigenvalue weighted by molar-refractivity contribution is 6.51. The number of benzene rings is 3. The molecule has 1 heterocycles. The summed E-state index contributed by atoms with van der Waals surface area (Å²) in [5, 5.41) is 11.1. The van der Waals surface area contributed by atoms with Gasteiger partial charge >= 0.3 is 0 Å². The molecule has 0 spiro atoms. The predicted octanol–water partition coefficient (Wildman–Crippen LogP) is 6.05. The molecule has 174 valence electrons. The van der Waals surface area contributed by atoms with Gasteiger partial charge in [0.2, 0.25) is 0 Å². The predicted molar refractivity (Wildman–Crippen MR) is 121 cm³/mol. The SMILES string of the molecule is COc1c(Cl)cc(/C(O)=C2\C(=O)C(=O)N(c3ccc(F)cc3F)C2c2ccc(F)cc2)cc1Cl. The molecule has 1 aliphatic rings. The maximum Gasteiger partial charge on any atom is 0.300 e. The summed E-state index contributed by atoms with van der Waals surface area (Å²) in [4.78, 5) is 26.8. The van der Waals surface area contributed by atoms with Crippen LogP contribution in [0.25, 0.3) is 5.76 Å². The van der Waals surface area contributed by atoms with Crippen molar-refractivity contribution in [1.29, 1.82) is 0 Å². The number of nitrogens with zero attached hydrogens (tertiary/aromatic N) is 1. The highest BCUT2D eigenvalue weighted by Crippen LogP contribution is 2.44. The van der Waals surface area contributed by atoms with Crippen molar-refractivity contribution < 1.29 is 32.6 Å². The Hall–Kier alpha value is -3.49. The minimum atomic E-state index is -1.36. The van der Waals surface area contributed by atoms with Crippen LogP contribution in [0, 0.1) is 17.5 Å². The van der Waals surface area contributed by atoms with Crippen LogP contribution in [-0.4, -0.2) is 23.9 Å². The number of amides is 1. The molecular weight excluding hydrogens is 494 g/mol. The number of ether oxygens (including phenoxy) is 1. The Morgan fingerprint density at radius 3 is 2.09 bits per heavy atom. The zero-order valence-corrected chi connectivity index (χ0v) is 18.8. The number of methoxy groups -OCH3 is 1. The third kappa shape index (κ3) is 3.99. The van der Waals surface area contributed by atoms with Crippen LogP contribution in [-0.2, 0) is 9.59 Å². The minimum Gasteiger partial charge on any atom is -0.507 e. The summed E-state index contributed by atoms with van der Waals surface area (Å²) < 4.78 is 46.8. The largest absolute Gasteiger partial charge is 0.507 e. The summed E-state index contributed by atoms with van der Waals surface area (Å²) in [7, 11) is 1.34. The number of anilines is 1. The average Bonchev–Trinajstić information content (AvgIpc) is 3.04. The molecule has 1 fully saturated rings. The number of carbonyl (C=O) groups is 2. The molecule has 1 atom stereocenters. The molecule has 1 unspecified atom stereocenters. The number of carbonyl (C=O) groups excluding carboxylic acids is 2. The van der Waals surface area contributed by atoms with Gasteiger partial charge in [0.15, 0.2) is 5.75 Å². The number of rotatable bonds is 4. The third-order valence-electron chi connectivity index (χ3n) is 5.28. The Bertz CT molecular complexity index is 1340. The second-order valence-corrected chi connectivity index (χ2v) is 8.10. The number of halogens is 5. The molecule has 10 heteroatoms. The second kappa shape index (κ2) is 9.04. The summed E-state index contributed by atoms with van der Waals surface area (Å²) >= 11 is 12.3. The van der Waals surface area contributed by atoms with Crippen LogP contribution in [0.15, 0.2) is 60.2 Å². The fraction of sp³-hybridized carbons (Fsp3) is 0.0833. The summed E-state index contributed by atoms with van der Waals surface area (Å²) in [5.74, 6) is -5.43. The van der Waals surface area contributed by atoms with Gasteiger partial charge in [0, 0.05) is 11.6 Å². The van der Waals surface area contributed by atoms with Gasteiger partial charge in [-0.25, -0.2) is 13.2 Å². The van der Waals surface area contributed by atoms with Gasteiger partial charge in [-0.05, 0) is 42.0 Å². The van der Waals surface area contributed by atoms with E-state index in [1.54, 1.807) is 0 Å². The first-order valence-corrected chi connectivity index (χ1v) is 10.4. The Kier molecular flexibility index (Phi) is 6.29. The number of hydrogen-bond donors (Lipinski definition) is 1.